The first-order chi connectivity index (χ1) is 9.96. The maximum atomic E-state index is 12.2. The molecule has 2 heterocycles. The first-order valence-electron chi connectivity index (χ1n) is 6.91. The van der Waals surface area contributed by atoms with E-state index in [1.165, 1.54) is 0 Å². The highest BCUT2D eigenvalue weighted by Crippen LogP contribution is 2.41. The molecule has 0 aromatic heterocycles. The molecule has 4 nitrogen and oxygen atoms in total. The fourth-order valence-electron chi connectivity index (χ4n) is 2.68. The zero-order chi connectivity index (χ0) is 15.0. The van der Waals surface area contributed by atoms with Gasteiger partial charge in [-0.1, -0.05) is 52.9 Å². The monoisotopic (exact) mass is 416 g/mol. The topological polar surface area (TPSA) is 49.4 Å². The van der Waals surface area contributed by atoms with Crippen molar-refractivity contribution in [2.24, 2.45) is 0 Å². The van der Waals surface area contributed by atoms with Gasteiger partial charge in [-0.15, -0.1) is 11.8 Å². The zero-order valence-corrected chi connectivity index (χ0v) is 14.7. The summed E-state index contributed by atoms with van der Waals surface area (Å²) in [4.78, 5) is 26.1. The average Bonchev–Trinajstić information content (AvgIpc) is 2.45. The van der Waals surface area contributed by atoms with Gasteiger partial charge in [-0.2, -0.15) is 0 Å². The highest BCUT2D eigenvalue weighted by Gasteiger charge is 2.53. The molecule has 0 saturated carbocycles. The van der Waals surface area contributed by atoms with Crippen molar-refractivity contribution in [1.82, 2.24) is 10.2 Å². The van der Waals surface area contributed by atoms with Crippen LogP contribution in [0.4, 0.5) is 0 Å². The van der Waals surface area contributed by atoms with Gasteiger partial charge in [-0.05, 0) is 12.5 Å². The Bertz CT molecular complexity index is 564. The average molecular weight is 416 g/mol. The Labute approximate surface area is 142 Å². The van der Waals surface area contributed by atoms with Gasteiger partial charge in [-0.3, -0.25) is 9.59 Å². The Balaban J connectivity index is 1.57. The van der Waals surface area contributed by atoms with Gasteiger partial charge in [-0.25, -0.2) is 0 Å². The minimum absolute atomic E-state index is 0.0523. The predicted molar refractivity (Wildman–Crippen MR) is 92.5 cm³/mol. The number of carbonyl (C=O) groups is 2. The molecule has 1 N–H and O–H groups in total. The maximum absolute atomic E-state index is 12.2. The van der Waals surface area contributed by atoms with Crippen molar-refractivity contribution in [3.05, 3.63) is 35.9 Å². The normalized spacial score (nSPS) is 31.3. The number of hydrogen-bond donors (Lipinski definition) is 1. The molecule has 1 aromatic rings. The summed E-state index contributed by atoms with van der Waals surface area (Å²) in [6.45, 7) is 2.93. The number of β-lactam (4-membered cyclic amide) rings is 1. The molecule has 112 valence electrons. The third-order valence-electron chi connectivity index (χ3n) is 3.72. The Hall–Kier alpha value is -0.760. The lowest BCUT2D eigenvalue weighted by Gasteiger charge is -2.53. The molecule has 3 rings (SSSR count). The number of nitrogens with zero attached hydrogens (tertiary/aromatic N) is 1. The molecular formula is C15H17IN2O2S. The highest BCUT2D eigenvalue weighted by atomic mass is 127. The maximum Gasteiger partial charge on any atom is 0.249 e. The van der Waals surface area contributed by atoms with Crippen LogP contribution in [0.2, 0.25) is 0 Å². The van der Waals surface area contributed by atoms with Crippen LogP contribution in [0.25, 0.3) is 0 Å². The number of amides is 2. The lowest BCUT2D eigenvalue weighted by Crippen LogP contribution is -2.73. The van der Waals surface area contributed by atoms with E-state index in [4.69, 9.17) is 0 Å². The predicted octanol–water partition coefficient (Wildman–Crippen LogP) is 1.82. The molecule has 1 aromatic carbocycles. The minimum Gasteiger partial charge on any atom is -0.341 e. The van der Waals surface area contributed by atoms with Crippen LogP contribution in [-0.2, 0) is 16.0 Å². The van der Waals surface area contributed by atoms with Crippen molar-refractivity contribution in [3.8, 4) is 0 Å². The van der Waals surface area contributed by atoms with Crippen molar-refractivity contribution in [3.63, 3.8) is 0 Å². The summed E-state index contributed by atoms with van der Waals surface area (Å²) in [5, 5.41) is 3.00. The lowest BCUT2D eigenvalue weighted by atomic mass is 10.0. The van der Waals surface area contributed by atoms with Crippen LogP contribution < -0.4 is 5.32 Å². The first-order valence-corrected chi connectivity index (χ1v) is 9.03. The summed E-state index contributed by atoms with van der Waals surface area (Å²) in [7, 11) is 0. The molecule has 2 amide bonds. The number of carbonyl (C=O) groups excluding carboxylic acids is 2. The fraction of sp³-hybridized carbons (Fsp3) is 0.467. The third kappa shape index (κ3) is 3.21. The Morgan fingerprint density at radius 3 is 2.90 bits per heavy atom. The van der Waals surface area contributed by atoms with E-state index in [2.05, 4.69) is 34.8 Å². The number of fused-ring (bicyclic) bond motifs is 1. The summed E-state index contributed by atoms with van der Waals surface area (Å²) in [5.41, 5.74) is 0.967. The summed E-state index contributed by atoms with van der Waals surface area (Å²) >= 11 is 4.17. The van der Waals surface area contributed by atoms with Crippen LogP contribution >= 0.6 is 34.4 Å². The van der Waals surface area contributed by atoms with E-state index in [9.17, 15) is 9.59 Å². The molecule has 6 heteroatoms. The van der Waals surface area contributed by atoms with Gasteiger partial charge in [0.25, 0.3) is 0 Å². The van der Waals surface area contributed by atoms with Crippen LogP contribution in [0, 0.1) is 0 Å². The Morgan fingerprint density at radius 1 is 1.48 bits per heavy atom. The van der Waals surface area contributed by atoms with E-state index in [-0.39, 0.29) is 26.7 Å². The minimum atomic E-state index is -0.348. The zero-order valence-electron chi connectivity index (χ0n) is 11.7. The van der Waals surface area contributed by atoms with Crippen molar-refractivity contribution in [1.29, 1.82) is 0 Å². The van der Waals surface area contributed by atoms with Crippen molar-refractivity contribution < 1.29 is 9.59 Å². The number of benzene rings is 1. The summed E-state index contributed by atoms with van der Waals surface area (Å²) in [5.74, 6) is 0.978. The SMILES string of the molecule is C[C@@]1(I)CS[C@H]2C(NC(=O)Cc3ccccc3)C(=O)N2C1. The second kappa shape index (κ2) is 5.79. The van der Waals surface area contributed by atoms with Crippen LogP contribution in [0.5, 0.6) is 0 Å². The largest absolute Gasteiger partial charge is 0.341 e. The number of hydrogen-bond acceptors (Lipinski definition) is 3. The van der Waals surface area contributed by atoms with E-state index in [1.54, 1.807) is 11.8 Å². The number of nitrogens with one attached hydrogen (secondary N) is 1. The van der Waals surface area contributed by atoms with Crippen molar-refractivity contribution in [2.75, 3.05) is 12.3 Å². The van der Waals surface area contributed by atoms with Crippen molar-refractivity contribution in [2.45, 2.75) is 28.2 Å². The van der Waals surface area contributed by atoms with Crippen LogP contribution in [-0.4, -0.2) is 43.8 Å². The lowest BCUT2D eigenvalue weighted by molar-refractivity contribution is -0.149. The van der Waals surface area contributed by atoms with Gasteiger partial charge in [0.05, 0.1) is 6.42 Å². The molecule has 2 aliphatic rings. The van der Waals surface area contributed by atoms with E-state index in [0.717, 1.165) is 17.9 Å². The molecule has 21 heavy (non-hydrogen) atoms. The van der Waals surface area contributed by atoms with Gasteiger partial charge < -0.3 is 10.2 Å². The Morgan fingerprint density at radius 2 is 2.19 bits per heavy atom. The summed E-state index contributed by atoms with van der Waals surface area (Å²) in [6.07, 6.45) is 0.325. The van der Waals surface area contributed by atoms with Gasteiger partial charge in [0.2, 0.25) is 11.8 Å². The second-order valence-electron chi connectivity index (χ2n) is 5.79. The van der Waals surface area contributed by atoms with Gasteiger partial charge in [0, 0.05) is 15.7 Å². The summed E-state index contributed by atoms with van der Waals surface area (Å²) < 4.78 is 0.133. The van der Waals surface area contributed by atoms with Gasteiger partial charge in [0.1, 0.15) is 11.4 Å². The molecule has 0 radical (unpaired) electrons. The number of rotatable bonds is 3. The number of halogens is 1. The van der Waals surface area contributed by atoms with E-state index in [0.29, 0.717) is 6.42 Å². The molecule has 2 aliphatic heterocycles. The quantitative estimate of drug-likeness (QED) is 0.465. The molecule has 1 unspecified atom stereocenters. The smallest absolute Gasteiger partial charge is 0.249 e. The van der Waals surface area contributed by atoms with Crippen molar-refractivity contribution >= 4 is 46.2 Å². The third-order valence-corrected chi connectivity index (χ3v) is 6.63. The molecular weight excluding hydrogens is 399 g/mol. The van der Waals surface area contributed by atoms with E-state index < -0.39 is 0 Å². The molecule has 0 bridgehead atoms. The van der Waals surface area contributed by atoms with Crippen LogP contribution in [0.1, 0.15) is 12.5 Å². The van der Waals surface area contributed by atoms with Gasteiger partial charge in [0.15, 0.2) is 0 Å². The highest BCUT2D eigenvalue weighted by molar-refractivity contribution is 14.1. The fourth-order valence-corrected chi connectivity index (χ4v) is 4.93. The number of alkyl halides is 1. The van der Waals surface area contributed by atoms with E-state index >= 15 is 0 Å². The molecule has 3 atom stereocenters. The molecule has 0 spiro atoms. The van der Waals surface area contributed by atoms with Crippen LogP contribution in [0.3, 0.4) is 0 Å². The Kier molecular flexibility index (Phi) is 4.18. The summed E-state index contributed by atoms with van der Waals surface area (Å²) in [6, 6.07) is 9.25. The second-order valence-corrected chi connectivity index (χ2v) is 9.50. The van der Waals surface area contributed by atoms with Crippen LogP contribution in [0.15, 0.2) is 30.3 Å². The number of thioether (sulfide) groups is 1. The first kappa shape index (κ1) is 15.1. The van der Waals surface area contributed by atoms with Gasteiger partial charge >= 0.3 is 0 Å². The molecule has 2 fully saturated rings. The standard InChI is InChI=1S/C15H17IN2O2S/c1-15(16)8-18-13(20)12(14(18)21-9-15)17-11(19)7-10-5-3-2-4-6-10/h2-6,12,14H,7-9H2,1H3,(H,17,19)/t12?,14-,15-/m0/s1. The molecule has 0 aliphatic carbocycles. The van der Waals surface area contributed by atoms with E-state index in [1.807, 2.05) is 35.2 Å². The molecule has 2 saturated heterocycles.